The lowest BCUT2D eigenvalue weighted by atomic mass is 10.1. The lowest BCUT2D eigenvalue weighted by molar-refractivity contribution is -0.0497. The van der Waals surface area contributed by atoms with E-state index >= 15 is 0 Å². The Morgan fingerprint density at radius 3 is 2.30 bits per heavy atom. The first-order valence-electron chi connectivity index (χ1n) is 9.50. The second-order valence-electron chi connectivity index (χ2n) is 8.19. The fourth-order valence-electron chi connectivity index (χ4n) is 3.08. The zero-order valence-corrected chi connectivity index (χ0v) is 20.1. The molecular formula is C20H23F2N3O6S2. The van der Waals surface area contributed by atoms with E-state index in [0.29, 0.717) is 11.3 Å². The highest BCUT2D eigenvalue weighted by Gasteiger charge is 2.34. The number of sulfone groups is 1. The van der Waals surface area contributed by atoms with E-state index in [2.05, 4.69) is 14.4 Å². The molecule has 0 aliphatic rings. The minimum absolute atomic E-state index is 0.0170. The van der Waals surface area contributed by atoms with E-state index in [9.17, 15) is 25.6 Å². The van der Waals surface area contributed by atoms with Gasteiger partial charge in [0.15, 0.2) is 9.84 Å². The molecule has 0 saturated heterocycles. The number of halogens is 2. The zero-order chi connectivity index (χ0) is 24.8. The molecule has 0 spiro atoms. The normalized spacial score (nSPS) is 12.8. The number of methoxy groups -OCH3 is 1. The third kappa shape index (κ3) is 5.19. The summed E-state index contributed by atoms with van der Waals surface area (Å²) < 4.78 is 87.6. The first kappa shape index (κ1) is 24.7. The monoisotopic (exact) mass is 503 g/mol. The SMILES string of the molecule is COc1cc2ncc(-c3cc(NS(C)(=O)=O)cc(OC(F)F)c3)n2cc1S(=O)(=O)C(C)(C)C. The number of pyridine rings is 1. The number of rotatable bonds is 7. The van der Waals surface area contributed by atoms with Crippen molar-refractivity contribution in [3.05, 3.63) is 36.7 Å². The van der Waals surface area contributed by atoms with Crippen molar-refractivity contribution in [2.24, 2.45) is 0 Å². The van der Waals surface area contributed by atoms with Crippen LogP contribution in [0.4, 0.5) is 14.5 Å². The number of sulfonamides is 1. The van der Waals surface area contributed by atoms with Crippen LogP contribution in [-0.4, -0.2) is 50.9 Å². The summed E-state index contributed by atoms with van der Waals surface area (Å²) in [6.07, 6.45) is 3.65. The number of imidazole rings is 1. The fraction of sp³-hybridized carbons (Fsp3) is 0.350. The molecule has 3 rings (SSSR count). The number of nitrogens with zero attached hydrogens (tertiary/aromatic N) is 2. The summed E-state index contributed by atoms with van der Waals surface area (Å²) in [7, 11) is -6.21. The molecule has 0 unspecified atom stereocenters. The summed E-state index contributed by atoms with van der Waals surface area (Å²) in [5, 5.41) is 0. The summed E-state index contributed by atoms with van der Waals surface area (Å²) >= 11 is 0. The third-order valence-electron chi connectivity index (χ3n) is 4.62. The topological polar surface area (TPSA) is 116 Å². The lowest BCUT2D eigenvalue weighted by Gasteiger charge is -2.21. The molecule has 1 aromatic carbocycles. The Labute approximate surface area is 190 Å². The molecule has 0 aliphatic heterocycles. The van der Waals surface area contributed by atoms with Crippen LogP contribution in [0, 0.1) is 0 Å². The van der Waals surface area contributed by atoms with E-state index in [1.54, 1.807) is 20.8 Å². The molecular weight excluding hydrogens is 480 g/mol. The maximum atomic E-state index is 13.1. The molecule has 33 heavy (non-hydrogen) atoms. The van der Waals surface area contributed by atoms with E-state index in [4.69, 9.17) is 4.74 Å². The summed E-state index contributed by atoms with van der Waals surface area (Å²) in [6.45, 7) is 1.51. The van der Waals surface area contributed by atoms with E-state index < -0.39 is 31.2 Å². The summed E-state index contributed by atoms with van der Waals surface area (Å²) in [6, 6.07) is 5.21. The molecule has 0 radical (unpaired) electrons. The van der Waals surface area contributed by atoms with Crippen LogP contribution in [0.5, 0.6) is 11.5 Å². The summed E-state index contributed by atoms with van der Waals surface area (Å²) in [4.78, 5) is 4.16. The van der Waals surface area contributed by atoms with Crippen LogP contribution in [-0.2, 0) is 19.9 Å². The number of benzene rings is 1. The van der Waals surface area contributed by atoms with Gasteiger partial charge in [0.05, 0.1) is 35.7 Å². The van der Waals surface area contributed by atoms with E-state index in [0.717, 1.165) is 12.3 Å². The molecule has 1 N–H and O–H groups in total. The van der Waals surface area contributed by atoms with Crippen LogP contribution in [0.2, 0.25) is 0 Å². The summed E-state index contributed by atoms with van der Waals surface area (Å²) in [5.74, 6) is -0.191. The van der Waals surface area contributed by atoms with Crippen LogP contribution in [0.3, 0.4) is 0 Å². The molecule has 2 aromatic heterocycles. The van der Waals surface area contributed by atoms with Crippen LogP contribution in [0.1, 0.15) is 20.8 Å². The fourth-order valence-corrected chi connectivity index (χ4v) is 4.94. The van der Waals surface area contributed by atoms with Crippen molar-refractivity contribution in [2.45, 2.75) is 37.0 Å². The first-order chi connectivity index (χ1) is 15.1. The average molecular weight is 504 g/mol. The van der Waals surface area contributed by atoms with Gasteiger partial charge in [-0.15, -0.1) is 0 Å². The van der Waals surface area contributed by atoms with Crippen molar-refractivity contribution >= 4 is 31.2 Å². The van der Waals surface area contributed by atoms with Gasteiger partial charge in [-0.05, 0) is 32.9 Å². The molecule has 13 heteroatoms. The number of fused-ring (bicyclic) bond motifs is 1. The molecule has 0 bridgehead atoms. The highest BCUT2D eigenvalue weighted by molar-refractivity contribution is 7.93. The Kier molecular flexibility index (Phi) is 6.33. The molecule has 0 atom stereocenters. The molecule has 3 aromatic rings. The molecule has 9 nitrogen and oxygen atoms in total. The van der Waals surface area contributed by atoms with Gasteiger partial charge in [-0.25, -0.2) is 21.8 Å². The van der Waals surface area contributed by atoms with Gasteiger partial charge >= 0.3 is 6.61 Å². The minimum atomic E-state index is -3.83. The van der Waals surface area contributed by atoms with Crippen LogP contribution >= 0.6 is 0 Å². The van der Waals surface area contributed by atoms with Crippen molar-refractivity contribution in [1.82, 2.24) is 9.38 Å². The Hall–Kier alpha value is -2.93. The highest BCUT2D eigenvalue weighted by Crippen LogP contribution is 2.36. The molecule has 0 amide bonds. The number of hydrogen-bond acceptors (Lipinski definition) is 7. The molecule has 180 valence electrons. The predicted octanol–water partition coefficient (Wildman–Crippen LogP) is 3.56. The van der Waals surface area contributed by atoms with Gasteiger partial charge in [0.2, 0.25) is 10.0 Å². The maximum Gasteiger partial charge on any atom is 0.387 e. The summed E-state index contributed by atoms with van der Waals surface area (Å²) in [5.41, 5.74) is 0.884. The van der Waals surface area contributed by atoms with Crippen molar-refractivity contribution in [1.29, 1.82) is 0 Å². The largest absolute Gasteiger partial charge is 0.495 e. The van der Waals surface area contributed by atoms with Gasteiger partial charge in [0.25, 0.3) is 0 Å². The predicted molar refractivity (Wildman–Crippen MR) is 119 cm³/mol. The Morgan fingerprint density at radius 2 is 1.76 bits per heavy atom. The van der Waals surface area contributed by atoms with Crippen LogP contribution in [0.25, 0.3) is 16.9 Å². The Bertz CT molecular complexity index is 1410. The second-order valence-corrected chi connectivity index (χ2v) is 12.6. The molecule has 2 heterocycles. The van der Waals surface area contributed by atoms with Crippen LogP contribution in [0.15, 0.2) is 41.6 Å². The average Bonchev–Trinajstić information content (AvgIpc) is 3.06. The third-order valence-corrected chi connectivity index (χ3v) is 7.73. The number of anilines is 1. The standard InChI is InChI=1S/C20H23F2N3O6S2/c1-20(2,3)33(28,29)17-11-25-15(10-23-18(25)9-16(17)30-4)12-6-13(24-32(5,26)27)8-14(7-12)31-19(21)22/h6-11,19,24H,1-5H3. The van der Waals surface area contributed by atoms with Gasteiger partial charge in [0.1, 0.15) is 22.0 Å². The lowest BCUT2D eigenvalue weighted by Crippen LogP contribution is -2.28. The number of aromatic nitrogens is 2. The number of hydrogen-bond donors (Lipinski definition) is 1. The number of ether oxygens (including phenoxy) is 2. The van der Waals surface area contributed by atoms with Gasteiger partial charge in [-0.3, -0.25) is 9.12 Å². The van der Waals surface area contributed by atoms with Gasteiger partial charge in [-0.2, -0.15) is 8.78 Å². The van der Waals surface area contributed by atoms with Crippen LogP contribution < -0.4 is 14.2 Å². The van der Waals surface area contributed by atoms with Crippen molar-refractivity contribution in [3.63, 3.8) is 0 Å². The van der Waals surface area contributed by atoms with Gasteiger partial charge in [0, 0.05) is 23.9 Å². The quantitative estimate of drug-likeness (QED) is 0.524. The number of alkyl halides is 2. The van der Waals surface area contributed by atoms with Crippen molar-refractivity contribution in [2.75, 3.05) is 18.1 Å². The zero-order valence-electron chi connectivity index (χ0n) is 18.5. The second kappa shape index (κ2) is 8.45. The van der Waals surface area contributed by atoms with Crippen molar-refractivity contribution in [3.8, 4) is 22.8 Å². The Balaban J connectivity index is 2.28. The first-order valence-corrected chi connectivity index (χ1v) is 12.9. The molecule has 0 saturated carbocycles. The van der Waals surface area contributed by atoms with Gasteiger partial charge < -0.3 is 9.47 Å². The van der Waals surface area contributed by atoms with Crippen molar-refractivity contribution < 1.29 is 35.1 Å². The Morgan fingerprint density at radius 1 is 1.09 bits per heavy atom. The maximum absolute atomic E-state index is 13.1. The van der Waals surface area contributed by atoms with Gasteiger partial charge in [-0.1, -0.05) is 0 Å². The highest BCUT2D eigenvalue weighted by atomic mass is 32.2. The van der Waals surface area contributed by atoms with E-state index in [1.807, 2.05) is 0 Å². The smallest absolute Gasteiger partial charge is 0.387 e. The number of nitrogens with one attached hydrogen (secondary N) is 1. The molecule has 0 fully saturated rings. The molecule has 0 aliphatic carbocycles. The van der Waals surface area contributed by atoms with E-state index in [-0.39, 0.29) is 27.6 Å². The minimum Gasteiger partial charge on any atom is -0.495 e. The van der Waals surface area contributed by atoms with E-state index in [1.165, 1.54) is 42.1 Å².